The summed E-state index contributed by atoms with van der Waals surface area (Å²) >= 11 is 6.53. The molecule has 0 aliphatic carbocycles. The molecule has 0 aliphatic rings. The van der Waals surface area contributed by atoms with Gasteiger partial charge in [0.2, 0.25) is 0 Å². The van der Waals surface area contributed by atoms with E-state index in [-0.39, 0.29) is 16.2 Å². The average molecular weight is 356 g/mol. The Morgan fingerprint density at radius 1 is 0.826 bits per heavy atom. The van der Waals surface area contributed by atoms with E-state index in [1.807, 2.05) is 0 Å². The predicted molar refractivity (Wildman–Crippen MR) is 109 cm³/mol. The Balaban J connectivity index is 3.75. The van der Waals surface area contributed by atoms with Gasteiger partial charge in [-0.05, 0) is 39.1 Å². The van der Waals surface area contributed by atoms with Crippen LogP contribution < -0.4 is 5.09 Å². The summed E-state index contributed by atoms with van der Waals surface area (Å²) in [6.07, 6.45) is 0.963. The molecule has 0 saturated carbocycles. The third kappa shape index (κ3) is 5.36. The summed E-state index contributed by atoms with van der Waals surface area (Å²) in [4.78, 5) is 0. The van der Waals surface area contributed by atoms with Gasteiger partial charge in [-0.25, -0.2) is 0 Å². The molecule has 1 unspecified atom stereocenters. The van der Waals surface area contributed by atoms with Crippen molar-refractivity contribution >= 4 is 24.4 Å². The molecular formula is C20H35ClNP. The van der Waals surface area contributed by atoms with Crippen molar-refractivity contribution in [1.29, 1.82) is 0 Å². The van der Waals surface area contributed by atoms with Gasteiger partial charge in [0.1, 0.15) is 0 Å². The molecule has 0 fully saturated rings. The highest BCUT2D eigenvalue weighted by molar-refractivity contribution is 7.85. The smallest absolute Gasteiger partial charge is 0.0861 e. The normalized spacial score (nSPS) is 14.7. The van der Waals surface area contributed by atoms with E-state index in [9.17, 15) is 0 Å². The lowest BCUT2D eigenvalue weighted by molar-refractivity contribution is 0.551. The summed E-state index contributed by atoms with van der Waals surface area (Å²) in [5.74, 6) is 0. The second kappa shape index (κ2) is 6.93. The summed E-state index contributed by atoms with van der Waals surface area (Å²) < 4.78 is 0. The minimum atomic E-state index is -0.697. The fourth-order valence-corrected chi connectivity index (χ4v) is 3.47. The average Bonchev–Trinajstić information content (AvgIpc) is 2.34. The second-order valence-corrected chi connectivity index (χ2v) is 12.3. The number of benzene rings is 1. The van der Waals surface area contributed by atoms with Crippen LogP contribution in [0.1, 0.15) is 85.9 Å². The van der Waals surface area contributed by atoms with Crippen LogP contribution in [0.2, 0.25) is 0 Å². The SMILES string of the molecule is CCP(Cl)Nc1c(C(C)(C)C)cc(C(C)(C)C)cc1C(C)(C)C. The quantitative estimate of drug-likeness (QED) is 0.551. The van der Waals surface area contributed by atoms with E-state index in [0.717, 1.165) is 6.16 Å². The van der Waals surface area contributed by atoms with E-state index in [1.54, 1.807) is 0 Å². The molecule has 0 spiro atoms. The van der Waals surface area contributed by atoms with Crippen LogP contribution in [-0.4, -0.2) is 6.16 Å². The maximum absolute atomic E-state index is 6.53. The summed E-state index contributed by atoms with van der Waals surface area (Å²) in [6.45, 7) is 22.7. The van der Waals surface area contributed by atoms with Crippen molar-refractivity contribution in [1.82, 2.24) is 0 Å². The maximum atomic E-state index is 6.53. The Bertz CT molecular complexity index is 509. The van der Waals surface area contributed by atoms with Crippen molar-refractivity contribution in [3.05, 3.63) is 28.8 Å². The van der Waals surface area contributed by atoms with Crippen molar-refractivity contribution in [3.8, 4) is 0 Å². The number of hydrogen-bond acceptors (Lipinski definition) is 1. The largest absolute Gasteiger partial charge is 0.352 e. The van der Waals surface area contributed by atoms with Crippen LogP contribution in [0, 0.1) is 0 Å². The minimum Gasteiger partial charge on any atom is -0.352 e. The Labute approximate surface area is 150 Å². The standard InChI is InChI=1S/C20H35ClNP/c1-11-23(21)22-17-15(19(5,6)7)12-14(18(2,3)4)13-16(17)20(8,9)10/h12-13,22H,11H2,1-10H3. The summed E-state index contributed by atoms with van der Waals surface area (Å²) in [5.41, 5.74) is 5.67. The Hall–Kier alpha value is -0.260. The Morgan fingerprint density at radius 3 is 1.48 bits per heavy atom. The fourth-order valence-electron chi connectivity index (χ4n) is 2.58. The first kappa shape index (κ1) is 20.8. The van der Waals surface area contributed by atoms with E-state index < -0.39 is 7.43 Å². The van der Waals surface area contributed by atoms with Crippen LogP contribution in [0.25, 0.3) is 0 Å². The van der Waals surface area contributed by atoms with Gasteiger partial charge in [0.25, 0.3) is 0 Å². The number of rotatable bonds is 3. The van der Waals surface area contributed by atoms with Crippen molar-refractivity contribution in [2.45, 2.75) is 85.5 Å². The molecule has 1 atom stereocenters. The molecule has 0 bridgehead atoms. The molecule has 1 aromatic rings. The van der Waals surface area contributed by atoms with Gasteiger partial charge < -0.3 is 5.09 Å². The van der Waals surface area contributed by atoms with Crippen LogP contribution >= 0.6 is 18.7 Å². The predicted octanol–water partition coefficient (Wildman–Crippen LogP) is 7.56. The number of anilines is 1. The monoisotopic (exact) mass is 355 g/mol. The highest BCUT2D eigenvalue weighted by atomic mass is 35.7. The van der Waals surface area contributed by atoms with Gasteiger partial charge in [0, 0.05) is 5.69 Å². The molecule has 3 heteroatoms. The molecule has 0 amide bonds. The fraction of sp³-hybridized carbons (Fsp3) is 0.700. The lowest BCUT2D eigenvalue weighted by Crippen LogP contribution is -2.23. The van der Waals surface area contributed by atoms with E-state index in [1.165, 1.54) is 22.4 Å². The third-order valence-corrected chi connectivity index (χ3v) is 6.12. The second-order valence-electron chi connectivity index (χ2n) is 9.49. The van der Waals surface area contributed by atoms with Crippen molar-refractivity contribution in [2.75, 3.05) is 11.2 Å². The first-order valence-corrected chi connectivity index (χ1v) is 11.0. The van der Waals surface area contributed by atoms with Crippen molar-refractivity contribution < 1.29 is 0 Å². The number of hydrogen-bond donors (Lipinski definition) is 1. The third-order valence-electron chi connectivity index (χ3n) is 4.13. The highest BCUT2D eigenvalue weighted by Gasteiger charge is 2.29. The van der Waals surface area contributed by atoms with Gasteiger partial charge in [0.05, 0.1) is 7.43 Å². The van der Waals surface area contributed by atoms with E-state index in [2.05, 4.69) is 86.5 Å². The van der Waals surface area contributed by atoms with Gasteiger partial charge >= 0.3 is 0 Å². The van der Waals surface area contributed by atoms with Gasteiger partial charge in [-0.2, -0.15) is 0 Å². The van der Waals surface area contributed by atoms with Crippen LogP contribution in [0.4, 0.5) is 5.69 Å². The van der Waals surface area contributed by atoms with Gasteiger partial charge in [-0.1, -0.05) is 92.6 Å². The molecule has 1 nitrogen and oxygen atoms in total. The molecule has 23 heavy (non-hydrogen) atoms. The highest BCUT2D eigenvalue weighted by Crippen LogP contribution is 2.48. The Morgan fingerprint density at radius 2 is 1.22 bits per heavy atom. The van der Waals surface area contributed by atoms with Crippen LogP contribution in [0.3, 0.4) is 0 Å². The van der Waals surface area contributed by atoms with E-state index >= 15 is 0 Å². The summed E-state index contributed by atoms with van der Waals surface area (Å²) in [5, 5.41) is 3.65. The summed E-state index contributed by atoms with van der Waals surface area (Å²) in [7, 11) is -0.697. The molecule has 132 valence electrons. The van der Waals surface area contributed by atoms with Gasteiger partial charge in [-0.15, -0.1) is 0 Å². The lowest BCUT2D eigenvalue weighted by atomic mass is 9.74. The molecule has 0 aromatic heterocycles. The summed E-state index contributed by atoms with van der Waals surface area (Å²) in [6, 6.07) is 4.76. The van der Waals surface area contributed by atoms with Gasteiger partial charge in [0.15, 0.2) is 0 Å². The molecule has 1 rings (SSSR count). The topological polar surface area (TPSA) is 12.0 Å². The van der Waals surface area contributed by atoms with Gasteiger partial charge in [-0.3, -0.25) is 0 Å². The van der Waals surface area contributed by atoms with Crippen LogP contribution in [-0.2, 0) is 16.2 Å². The zero-order valence-electron chi connectivity index (χ0n) is 16.7. The molecule has 0 aliphatic heterocycles. The molecule has 0 heterocycles. The van der Waals surface area contributed by atoms with Crippen LogP contribution in [0.5, 0.6) is 0 Å². The Kier molecular flexibility index (Phi) is 6.26. The van der Waals surface area contributed by atoms with E-state index in [0.29, 0.717) is 0 Å². The minimum absolute atomic E-state index is 0.0738. The van der Waals surface area contributed by atoms with Crippen LogP contribution in [0.15, 0.2) is 12.1 Å². The lowest BCUT2D eigenvalue weighted by Gasteiger charge is -2.34. The molecule has 1 N–H and O–H groups in total. The van der Waals surface area contributed by atoms with Crippen molar-refractivity contribution in [2.24, 2.45) is 0 Å². The molecule has 0 radical (unpaired) electrons. The number of halogens is 1. The first-order valence-electron chi connectivity index (χ1n) is 8.57. The molecule has 1 aromatic carbocycles. The first-order chi connectivity index (χ1) is 10.2. The zero-order chi connectivity index (χ0) is 18.2. The number of nitrogens with one attached hydrogen (secondary N) is 1. The molecule has 0 saturated heterocycles. The molecular weight excluding hydrogens is 321 g/mol. The maximum Gasteiger partial charge on any atom is 0.0861 e. The zero-order valence-corrected chi connectivity index (χ0v) is 18.3. The van der Waals surface area contributed by atoms with E-state index in [4.69, 9.17) is 11.2 Å². The van der Waals surface area contributed by atoms with Crippen molar-refractivity contribution in [3.63, 3.8) is 0 Å².